The zero-order valence-electron chi connectivity index (χ0n) is 11.0. The first-order chi connectivity index (χ1) is 10.6. The van der Waals surface area contributed by atoms with Gasteiger partial charge in [-0.1, -0.05) is 46.6 Å². The standard InChI is InChI=1S/C15H8Cl2N2O3/c16-8-5-6-9(11(17)7-8)15(21)22-19-13-10-3-1-2-4-12(10)18-14(13)20/h1-7H,(H,18,19,20). The third-order valence-electron chi connectivity index (χ3n) is 3.02. The highest BCUT2D eigenvalue weighted by molar-refractivity contribution is 6.53. The number of anilines is 1. The van der Waals surface area contributed by atoms with Gasteiger partial charge in [-0.25, -0.2) is 4.79 Å². The molecule has 1 heterocycles. The number of para-hydroxylation sites is 1. The summed E-state index contributed by atoms with van der Waals surface area (Å²) in [6.45, 7) is 0. The molecule has 0 spiro atoms. The lowest BCUT2D eigenvalue weighted by atomic mass is 10.1. The lowest BCUT2D eigenvalue weighted by Crippen LogP contribution is -2.15. The fourth-order valence-corrected chi connectivity index (χ4v) is 2.47. The first-order valence-electron chi connectivity index (χ1n) is 6.21. The largest absolute Gasteiger partial charge is 0.367 e. The summed E-state index contributed by atoms with van der Waals surface area (Å²) in [5.41, 5.74) is 1.34. The van der Waals surface area contributed by atoms with Crippen LogP contribution in [0.15, 0.2) is 47.6 Å². The highest BCUT2D eigenvalue weighted by Crippen LogP contribution is 2.24. The summed E-state index contributed by atoms with van der Waals surface area (Å²) in [5, 5.41) is 6.82. The van der Waals surface area contributed by atoms with Gasteiger partial charge in [-0.3, -0.25) is 4.79 Å². The molecule has 5 nitrogen and oxygen atoms in total. The van der Waals surface area contributed by atoms with Crippen LogP contribution in [0.4, 0.5) is 5.69 Å². The number of hydrogen-bond donors (Lipinski definition) is 1. The Morgan fingerprint density at radius 1 is 1.14 bits per heavy atom. The van der Waals surface area contributed by atoms with Gasteiger partial charge in [0, 0.05) is 10.6 Å². The minimum atomic E-state index is -0.772. The predicted octanol–water partition coefficient (Wildman–Crippen LogP) is 3.51. The first kappa shape index (κ1) is 14.6. The van der Waals surface area contributed by atoms with Gasteiger partial charge in [0.2, 0.25) is 0 Å². The molecular weight excluding hydrogens is 327 g/mol. The highest BCUT2D eigenvalue weighted by Gasteiger charge is 2.26. The number of nitrogens with one attached hydrogen (secondary N) is 1. The van der Waals surface area contributed by atoms with Crippen molar-refractivity contribution in [3.05, 3.63) is 63.6 Å². The lowest BCUT2D eigenvalue weighted by Gasteiger charge is -2.02. The summed E-state index contributed by atoms with van der Waals surface area (Å²) in [4.78, 5) is 28.6. The molecule has 0 saturated heterocycles. The minimum absolute atomic E-state index is 0.0361. The molecule has 0 radical (unpaired) electrons. The number of rotatable bonds is 2. The molecule has 2 aromatic carbocycles. The summed E-state index contributed by atoms with van der Waals surface area (Å²) in [5.74, 6) is -1.21. The summed E-state index contributed by atoms with van der Waals surface area (Å²) in [6, 6.07) is 11.3. The maximum atomic E-state index is 12.0. The Balaban J connectivity index is 1.85. The van der Waals surface area contributed by atoms with Crippen LogP contribution in [-0.4, -0.2) is 17.6 Å². The summed E-state index contributed by atoms with van der Waals surface area (Å²) < 4.78 is 0. The third-order valence-corrected chi connectivity index (χ3v) is 3.56. The molecular formula is C15H8Cl2N2O3. The number of hydrogen-bond acceptors (Lipinski definition) is 4. The normalized spacial score (nSPS) is 14.6. The molecule has 22 heavy (non-hydrogen) atoms. The molecule has 0 aromatic heterocycles. The SMILES string of the molecule is O=C1Nc2ccccc2/C1=N/OC(=O)c1ccc(Cl)cc1Cl. The van der Waals surface area contributed by atoms with Gasteiger partial charge in [0.1, 0.15) is 0 Å². The maximum absolute atomic E-state index is 12.0. The fourth-order valence-electron chi connectivity index (χ4n) is 1.98. The van der Waals surface area contributed by atoms with E-state index in [1.165, 1.54) is 18.2 Å². The van der Waals surface area contributed by atoms with E-state index in [0.717, 1.165) is 0 Å². The molecule has 0 bridgehead atoms. The number of benzene rings is 2. The van der Waals surface area contributed by atoms with Crippen LogP contribution in [0.3, 0.4) is 0 Å². The fraction of sp³-hybridized carbons (Fsp3) is 0. The molecule has 110 valence electrons. The summed E-state index contributed by atoms with van der Waals surface area (Å²) >= 11 is 11.7. The zero-order chi connectivity index (χ0) is 15.7. The van der Waals surface area contributed by atoms with Gasteiger partial charge < -0.3 is 10.2 Å². The van der Waals surface area contributed by atoms with Crippen LogP contribution in [0.1, 0.15) is 15.9 Å². The van der Waals surface area contributed by atoms with Crippen molar-refractivity contribution in [2.24, 2.45) is 5.16 Å². The van der Waals surface area contributed by atoms with Crippen molar-refractivity contribution in [2.45, 2.75) is 0 Å². The van der Waals surface area contributed by atoms with E-state index in [2.05, 4.69) is 10.5 Å². The Morgan fingerprint density at radius 3 is 2.68 bits per heavy atom. The van der Waals surface area contributed by atoms with Crippen molar-refractivity contribution >= 4 is 46.5 Å². The molecule has 1 amide bonds. The van der Waals surface area contributed by atoms with E-state index in [-0.39, 0.29) is 16.3 Å². The highest BCUT2D eigenvalue weighted by atomic mass is 35.5. The second-order valence-electron chi connectivity index (χ2n) is 4.44. The van der Waals surface area contributed by atoms with Crippen molar-refractivity contribution in [2.75, 3.05) is 5.32 Å². The number of halogens is 2. The van der Waals surface area contributed by atoms with Gasteiger partial charge in [-0.15, -0.1) is 0 Å². The number of nitrogens with zero attached hydrogens (tertiary/aromatic N) is 1. The number of oxime groups is 1. The topological polar surface area (TPSA) is 67.8 Å². The van der Waals surface area contributed by atoms with Crippen LogP contribution >= 0.6 is 23.2 Å². The van der Waals surface area contributed by atoms with Gasteiger partial charge in [0.15, 0.2) is 5.71 Å². The number of amides is 1. The van der Waals surface area contributed by atoms with E-state index >= 15 is 0 Å². The van der Waals surface area contributed by atoms with Crippen LogP contribution in [0.2, 0.25) is 10.0 Å². The van der Waals surface area contributed by atoms with Gasteiger partial charge >= 0.3 is 5.97 Å². The van der Waals surface area contributed by atoms with Crippen molar-refractivity contribution < 1.29 is 14.4 Å². The molecule has 1 aliphatic rings. The Labute approximate surface area is 135 Å². The van der Waals surface area contributed by atoms with Crippen molar-refractivity contribution in [3.8, 4) is 0 Å². The average Bonchev–Trinajstić information content (AvgIpc) is 2.80. The van der Waals surface area contributed by atoms with E-state index in [4.69, 9.17) is 28.0 Å². The number of carbonyl (C=O) groups excluding carboxylic acids is 2. The third kappa shape index (κ3) is 2.68. The van der Waals surface area contributed by atoms with E-state index in [9.17, 15) is 9.59 Å². The monoisotopic (exact) mass is 334 g/mol. The van der Waals surface area contributed by atoms with Crippen LogP contribution in [-0.2, 0) is 9.63 Å². The van der Waals surface area contributed by atoms with Crippen molar-refractivity contribution in [1.82, 2.24) is 0 Å². The smallest absolute Gasteiger partial charge is 0.320 e. The van der Waals surface area contributed by atoms with Crippen molar-refractivity contribution in [1.29, 1.82) is 0 Å². The van der Waals surface area contributed by atoms with Crippen LogP contribution in [0.5, 0.6) is 0 Å². The Bertz CT molecular complexity index is 818. The second-order valence-corrected chi connectivity index (χ2v) is 5.29. The van der Waals surface area contributed by atoms with Gasteiger partial charge in [0.05, 0.1) is 16.3 Å². The predicted molar refractivity (Wildman–Crippen MR) is 83.5 cm³/mol. The van der Waals surface area contributed by atoms with E-state index in [0.29, 0.717) is 16.3 Å². The molecule has 0 unspecified atom stereocenters. The minimum Gasteiger partial charge on any atom is -0.320 e. The summed E-state index contributed by atoms with van der Waals surface area (Å²) in [6.07, 6.45) is 0. The Kier molecular flexibility index (Phi) is 3.83. The molecule has 7 heteroatoms. The van der Waals surface area contributed by atoms with Crippen LogP contribution in [0.25, 0.3) is 0 Å². The van der Waals surface area contributed by atoms with Gasteiger partial charge in [-0.2, -0.15) is 0 Å². The molecule has 3 rings (SSSR count). The number of carbonyl (C=O) groups is 2. The molecule has 1 N–H and O–H groups in total. The molecule has 0 fully saturated rings. The zero-order valence-corrected chi connectivity index (χ0v) is 12.5. The first-order valence-corrected chi connectivity index (χ1v) is 6.97. The van der Waals surface area contributed by atoms with Gasteiger partial charge in [0.25, 0.3) is 5.91 Å². The molecule has 0 saturated carbocycles. The van der Waals surface area contributed by atoms with Crippen LogP contribution < -0.4 is 5.32 Å². The Hall–Kier alpha value is -2.37. The molecule has 0 atom stereocenters. The molecule has 1 aliphatic heterocycles. The lowest BCUT2D eigenvalue weighted by molar-refractivity contribution is -0.110. The average molecular weight is 335 g/mol. The van der Waals surface area contributed by atoms with Crippen molar-refractivity contribution in [3.63, 3.8) is 0 Å². The molecule has 2 aromatic rings. The van der Waals surface area contributed by atoms with E-state index in [1.807, 2.05) is 0 Å². The summed E-state index contributed by atoms with van der Waals surface area (Å²) in [7, 11) is 0. The maximum Gasteiger partial charge on any atom is 0.367 e. The number of fused-ring (bicyclic) bond motifs is 1. The van der Waals surface area contributed by atoms with E-state index < -0.39 is 11.9 Å². The quantitative estimate of drug-likeness (QED) is 0.675. The van der Waals surface area contributed by atoms with Crippen LogP contribution in [0, 0.1) is 0 Å². The van der Waals surface area contributed by atoms with Gasteiger partial charge in [-0.05, 0) is 24.3 Å². The molecule has 0 aliphatic carbocycles. The van der Waals surface area contributed by atoms with E-state index in [1.54, 1.807) is 24.3 Å². The second kappa shape index (κ2) is 5.79. The Morgan fingerprint density at radius 2 is 1.91 bits per heavy atom.